The van der Waals surface area contributed by atoms with Crippen LogP contribution in [0.2, 0.25) is 18.1 Å². The molecular weight excluding hydrogens is 623 g/mol. The monoisotopic (exact) mass is 659 g/mol. The van der Waals surface area contributed by atoms with Crippen LogP contribution in [0.5, 0.6) is 0 Å². The van der Waals surface area contributed by atoms with Gasteiger partial charge in [0.15, 0.2) is 12.7 Å². The first-order chi connectivity index (χ1) is 20.1. The number of fused-ring (bicyclic) bond motifs is 1. The highest BCUT2D eigenvalue weighted by Gasteiger charge is 2.55. The number of nitro benzene ring substituents is 1. The van der Waals surface area contributed by atoms with E-state index in [0.717, 1.165) is 14.6 Å². The number of aromatic nitrogens is 1. The Balaban J connectivity index is 1.57. The third-order valence-corrected chi connectivity index (χ3v) is 16.4. The van der Waals surface area contributed by atoms with Crippen LogP contribution < -0.4 is 0 Å². The van der Waals surface area contributed by atoms with Crippen LogP contribution in [0.15, 0.2) is 64.1 Å². The largest absolute Gasteiger partial charge is 0.456 e. The maximum absolute atomic E-state index is 13.8. The number of carbonyl (C=O) groups excluding carboxylic acids is 2. The Morgan fingerprint density at radius 3 is 2.40 bits per heavy atom. The van der Waals surface area contributed by atoms with Gasteiger partial charge in [0.1, 0.15) is 17.7 Å². The molecular formula is C30H37N3O6S3Si. The van der Waals surface area contributed by atoms with Gasteiger partial charge in [0.2, 0.25) is 5.91 Å². The molecule has 0 bridgehead atoms. The van der Waals surface area contributed by atoms with Gasteiger partial charge in [0.25, 0.3) is 5.69 Å². The Kier molecular flexibility index (Phi) is 10.1. The molecule has 13 heteroatoms. The smallest absolute Gasteiger partial charge is 0.355 e. The molecule has 1 fully saturated rings. The van der Waals surface area contributed by atoms with Crippen molar-refractivity contribution in [2.75, 3.05) is 0 Å². The SMILES string of the molecule is CC(C)=C(C(=O)OCc1ccc([N+](=O)[O-])cc1)N1C(=O)[C@H]([C@@H](C)O[Si](C)(C)C(C)(C)C)[C@H]1SSc1nc2ccccc2s1. The standard InChI is InChI=1S/C30H37N3O6S3Si/c1-18(2)25(28(35)38-17-20-13-15-21(16-14-20)33(36)37)32-26(34)24(19(3)39-43(7,8)30(4,5)6)27(32)41-42-29-31-22-11-9-10-12-23(22)40-29/h9-16,19,24,27H,17H2,1-8H3/t19-,24+,27-/m1/s1. The number of rotatable bonds is 11. The molecule has 0 N–H and O–H groups in total. The van der Waals surface area contributed by atoms with E-state index in [1.165, 1.54) is 38.6 Å². The Bertz CT molecular complexity index is 1510. The van der Waals surface area contributed by atoms with Crippen LogP contribution in [0.1, 0.15) is 47.1 Å². The quantitative estimate of drug-likeness (QED) is 0.0383. The molecule has 1 saturated heterocycles. The lowest BCUT2D eigenvalue weighted by Gasteiger charge is -2.50. The fourth-order valence-electron chi connectivity index (χ4n) is 4.43. The second-order valence-corrected chi connectivity index (χ2v) is 20.5. The number of allylic oxidation sites excluding steroid dienone is 1. The molecule has 43 heavy (non-hydrogen) atoms. The minimum Gasteiger partial charge on any atom is -0.456 e. The van der Waals surface area contributed by atoms with Gasteiger partial charge in [0, 0.05) is 12.1 Å². The number of non-ortho nitro benzene ring substituents is 1. The lowest BCUT2D eigenvalue weighted by Crippen LogP contribution is -2.64. The maximum Gasteiger partial charge on any atom is 0.355 e. The van der Waals surface area contributed by atoms with Crippen molar-refractivity contribution in [3.8, 4) is 0 Å². The molecule has 4 rings (SSSR count). The second-order valence-electron chi connectivity index (χ2n) is 12.2. The lowest BCUT2D eigenvalue weighted by atomic mass is 9.91. The van der Waals surface area contributed by atoms with E-state index < -0.39 is 25.1 Å². The predicted molar refractivity (Wildman–Crippen MR) is 176 cm³/mol. The van der Waals surface area contributed by atoms with Gasteiger partial charge in [0.05, 0.1) is 27.2 Å². The molecule has 1 aliphatic rings. The molecule has 1 aliphatic heterocycles. The molecule has 9 nitrogen and oxygen atoms in total. The van der Waals surface area contributed by atoms with Gasteiger partial charge in [-0.3, -0.25) is 19.8 Å². The van der Waals surface area contributed by atoms with E-state index in [1.54, 1.807) is 37.3 Å². The maximum atomic E-state index is 13.8. The zero-order chi connectivity index (χ0) is 31.7. The number of β-lactam (4-membered cyclic amide) rings is 1. The van der Waals surface area contributed by atoms with Crippen LogP contribution in [-0.2, 0) is 25.4 Å². The van der Waals surface area contributed by atoms with Crippen LogP contribution in [0.4, 0.5) is 5.69 Å². The summed E-state index contributed by atoms with van der Waals surface area (Å²) in [4.78, 5) is 44.1. The van der Waals surface area contributed by atoms with Crippen molar-refractivity contribution >= 4 is 69.0 Å². The molecule has 3 aromatic rings. The van der Waals surface area contributed by atoms with Crippen LogP contribution in [0, 0.1) is 16.0 Å². The summed E-state index contributed by atoms with van der Waals surface area (Å²) in [5.41, 5.74) is 2.33. The number of para-hydroxylation sites is 1. The zero-order valence-electron chi connectivity index (χ0n) is 25.6. The average Bonchev–Trinajstić information content (AvgIpc) is 3.34. The molecule has 0 unspecified atom stereocenters. The minimum atomic E-state index is -2.18. The molecule has 1 aromatic heterocycles. The number of ether oxygens (including phenoxy) is 1. The predicted octanol–water partition coefficient (Wildman–Crippen LogP) is 8.18. The first kappa shape index (κ1) is 33.2. The van der Waals surface area contributed by atoms with Crippen LogP contribution in [-0.4, -0.2) is 46.5 Å². The summed E-state index contributed by atoms with van der Waals surface area (Å²) in [5.74, 6) is -1.27. The molecule has 1 amide bonds. The number of nitro groups is 1. The number of benzene rings is 2. The zero-order valence-corrected chi connectivity index (χ0v) is 29.0. The van der Waals surface area contributed by atoms with E-state index in [2.05, 4.69) is 33.9 Å². The normalized spacial score (nSPS) is 17.9. The van der Waals surface area contributed by atoms with E-state index in [-0.39, 0.29) is 40.4 Å². The van der Waals surface area contributed by atoms with Crippen molar-refractivity contribution in [1.82, 2.24) is 9.88 Å². The summed E-state index contributed by atoms with van der Waals surface area (Å²) in [6.07, 6.45) is -0.354. The number of hydrogen-bond donors (Lipinski definition) is 0. The summed E-state index contributed by atoms with van der Waals surface area (Å²) in [6, 6.07) is 13.8. The first-order valence-corrected chi connectivity index (χ1v) is 19.8. The van der Waals surface area contributed by atoms with Crippen LogP contribution >= 0.6 is 32.9 Å². The number of likely N-dealkylation sites (tertiary alicyclic amines) is 1. The van der Waals surface area contributed by atoms with Crippen LogP contribution in [0.3, 0.4) is 0 Å². The fraction of sp³-hybridized carbons (Fsp3) is 0.433. The summed E-state index contributed by atoms with van der Waals surface area (Å²) >= 11 is 1.59. The molecule has 230 valence electrons. The Labute approximate surface area is 265 Å². The third kappa shape index (κ3) is 7.34. The van der Waals surface area contributed by atoms with Crippen molar-refractivity contribution in [3.05, 3.63) is 75.5 Å². The van der Waals surface area contributed by atoms with E-state index in [0.29, 0.717) is 11.1 Å². The highest BCUT2D eigenvalue weighted by Crippen LogP contribution is 2.50. The van der Waals surface area contributed by atoms with Crippen molar-refractivity contribution in [2.24, 2.45) is 5.92 Å². The Morgan fingerprint density at radius 2 is 1.81 bits per heavy atom. The lowest BCUT2D eigenvalue weighted by molar-refractivity contribution is -0.384. The van der Waals surface area contributed by atoms with E-state index >= 15 is 0 Å². The summed E-state index contributed by atoms with van der Waals surface area (Å²) in [6.45, 7) is 16.3. The van der Waals surface area contributed by atoms with Gasteiger partial charge in [-0.05, 0) is 85.1 Å². The fourth-order valence-corrected chi connectivity index (χ4v) is 9.96. The third-order valence-electron chi connectivity index (χ3n) is 7.79. The van der Waals surface area contributed by atoms with E-state index in [1.807, 2.05) is 31.2 Å². The average molecular weight is 660 g/mol. The van der Waals surface area contributed by atoms with Gasteiger partial charge < -0.3 is 9.16 Å². The number of thiazole rings is 1. The van der Waals surface area contributed by atoms with Crippen molar-refractivity contribution in [1.29, 1.82) is 0 Å². The number of hydrogen-bond acceptors (Lipinski definition) is 10. The second kappa shape index (κ2) is 13.1. The van der Waals surface area contributed by atoms with Gasteiger partial charge in [-0.1, -0.05) is 43.7 Å². The van der Waals surface area contributed by atoms with E-state index in [9.17, 15) is 19.7 Å². The number of amides is 1. The van der Waals surface area contributed by atoms with E-state index in [4.69, 9.17) is 14.1 Å². The number of carbonyl (C=O) groups is 2. The van der Waals surface area contributed by atoms with Crippen molar-refractivity contribution < 1.29 is 23.7 Å². The highest BCUT2D eigenvalue weighted by atomic mass is 33.1. The summed E-state index contributed by atoms with van der Waals surface area (Å²) < 4.78 is 14.2. The van der Waals surface area contributed by atoms with Crippen molar-refractivity contribution in [2.45, 2.75) is 82.1 Å². The number of esters is 1. The Hall–Kier alpha value is -2.71. The summed E-state index contributed by atoms with van der Waals surface area (Å²) in [5, 5.41) is 10.6. The summed E-state index contributed by atoms with van der Waals surface area (Å²) in [7, 11) is 0.807. The topological polar surface area (TPSA) is 112 Å². The molecule has 0 spiro atoms. The molecule has 0 saturated carbocycles. The van der Waals surface area contributed by atoms with Crippen molar-refractivity contribution in [3.63, 3.8) is 0 Å². The van der Waals surface area contributed by atoms with Gasteiger partial charge in [-0.2, -0.15) is 0 Å². The van der Waals surface area contributed by atoms with Gasteiger partial charge in [-0.15, -0.1) is 11.3 Å². The molecule has 3 atom stereocenters. The molecule has 2 heterocycles. The molecule has 0 radical (unpaired) electrons. The minimum absolute atomic E-state index is 0.0289. The first-order valence-electron chi connectivity index (χ1n) is 13.9. The number of nitrogens with zero attached hydrogens (tertiary/aromatic N) is 3. The molecule has 0 aliphatic carbocycles. The van der Waals surface area contributed by atoms with Gasteiger partial charge >= 0.3 is 5.97 Å². The van der Waals surface area contributed by atoms with Gasteiger partial charge in [-0.25, -0.2) is 9.78 Å². The van der Waals surface area contributed by atoms with Crippen LogP contribution in [0.25, 0.3) is 10.2 Å². The Morgan fingerprint density at radius 1 is 1.16 bits per heavy atom. The highest BCUT2D eigenvalue weighted by molar-refractivity contribution is 8.77. The molecule has 2 aromatic carbocycles.